The normalized spacial score (nSPS) is 15.4. The predicted octanol–water partition coefficient (Wildman–Crippen LogP) is 3.64. The van der Waals surface area contributed by atoms with Gasteiger partial charge in [-0.05, 0) is 68.3 Å². The van der Waals surface area contributed by atoms with Gasteiger partial charge in [0.25, 0.3) is 5.91 Å². The third-order valence-corrected chi connectivity index (χ3v) is 7.19. The van der Waals surface area contributed by atoms with Gasteiger partial charge >= 0.3 is 5.69 Å². The van der Waals surface area contributed by atoms with Crippen LogP contribution in [0.3, 0.4) is 0 Å². The molecular weight excluding hydrogens is 507 g/mol. The molecular formula is C27H29FN6O3S. The van der Waals surface area contributed by atoms with Crippen molar-refractivity contribution in [1.82, 2.24) is 24.2 Å². The van der Waals surface area contributed by atoms with E-state index in [1.54, 1.807) is 71.9 Å². The van der Waals surface area contributed by atoms with Crippen LogP contribution in [0, 0.1) is 19.7 Å². The van der Waals surface area contributed by atoms with Gasteiger partial charge in [0, 0.05) is 64.8 Å². The molecule has 5 rings (SSSR count). The Bertz CT molecular complexity index is 1730. The van der Waals surface area contributed by atoms with Gasteiger partial charge in [0.1, 0.15) is 11.6 Å². The van der Waals surface area contributed by atoms with Gasteiger partial charge in [0.2, 0.25) is 0 Å². The van der Waals surface area contributed by atoms with E-state index in [9.17, 15) is 18.2 Å². The molecule has 0 bridgehead atoms. The van der Waals surface area contributed by atoms with Gasteiger partial charge in [-0.3, -0.25) is 13.9 Å². The molecule has 0 spiro atoms. The van der Waals surface area contributed by atoms with Crippen LogP contribution in [0.1, 0.15) is 45.7 Å². The highest BCUT2D eigenvalue weighted by Gasteiger charge is 2.29. The topological polar surface area (TPSA) is 103 Å². The van der Waals surface area contributed by atoms with Crippen LogP contribution < -0.4 is 11.0 Å². The molecule has 2 aromatic carbocycles. The summed E-state index contributed by atoms with van der Waals surface area (Å²) in [6.07, 6.45) is 6.83. The SMILES string of the molecule is Cc1cc(-n2nc3c(c2-n2ccn(-c4ccc(C(=O)N=S(C)(C)=O)cc4)c2=O)[C@H](C)NCC3)cc(C)c1F. The van der Waals surface area contributed by atoms with Crippen LogP contribution in [0.25, 0.3) is 17.2 Å². The van der Waals surface area contributed by atoms with E-state index in [-0.39, 0.29) is 23.1 Å². The minimum Gasteiger partial charge on any atom is -0.310 e. The Labute approximate surface area is 220 Å². The number of aryl methyl sites for hydroxylation is 2. The number of carbonyl (C=O) groups is 1. The summed E-state index contributed by atoms with van der Waals surface area (Å²) in [4.78, 5) is 26.0. The first kappa shape index (κ1) is 25.8. The van der Waals surface area contributed by atoms with Crippen LogP contribution in [0.5, 0.6) is 0 Å². The maximum absolute atomic E-state index is 14.4. The van der Waals surface area contributed by atoms with Gasteiger partial charge in [-0.1, -0.05) is 0 Å². The van der Waals surface area contributed by atoms with Crippen molar-refractivity contribution in [2.45, 2.75) is 33.2 Å². The summed E-state index contributed by atoms with van der Waals surface area (Å²) in [5.41, 5.74) is 3.99. The number of imidazole rings is 1. The van der Waals surface area contributed by atoms with E-state index in [2.05, 4.69) is 9.68 Å². The number of carbonyl (C=O) groups excluding carboxylic acids is 1. The summed E-state index contributed by atoms with van der Waals surface area (Å²) in [5.74, 6) is -0.237. The highest BCUT2D eigenvalue weighted by Crippen LogP contribution is 2.31. The monoisotopic (exact) mass is 536 g/mol. The fourth-order valence-corrected chi connectivity index (χ4v) is 5.32. The van der Waals surface area contributed by atoms with E-state index in [4.69, 9.17) is 5.10 Å². The van der Waals surface area contributed by atoms with Gasteiger partial charge in [0.15, 0.2) is 0 Å². The molecule has 9 nitrogen and oxygen atoms in total. The Morgan fingerprint density at radius 1 is 1.08 bits per heavy atom. The first-order chi connectivity index (χ1) is 17.9. The molecule has 1 aliphatic rings. The molecule has 0 saturated carbocycles. The number of fused-ring (bicyclic) bond motifs is 1. The Morgan fingerprint density at radius 3 is 2.34 bits per heavy atom. The van der Waals surface area contributed by atoms with E-state index in [1.165, 1.54) is 17.1 Å². The second-order valence-corrected chi connectivity index (χ2v) is 12.4. The number of halogens is 1. The molecule has 0 unspecified atom stereocenters. The Balaban J connectivity index is 1.63. The molecule has 11 heteroatoms. The summed E-state index contributed by atoms with van der Waals surface area (Å²) < 4.78 is 34.7. The highest BCUT2D eigenvalue weighted by atomic mass is 32.2. The molecule has 0 radical (unpaired) electrons. The van der Waals surface area contributed by atoms with Crippen LogP contribution in [0.15, 0.2) is 57.9 Å². The molecule has 3 heterocycles. The van der Waals surface area contributed by atoms with Crippen molar-refractivity contribution in [1.29, 1.82) is 0 Å². The number of hydrogen-bond acceptors (Lipinski definition) is 5. The number of nitrogens with one attached hydrogen (secondary N) is 1. The molecule has 38 heavy (non-hydrogen) atoms. The summed E-state index contributed by atoms with van der Waals surface area (Å²) in [5, 5.41) is 8.30. The van der Waals surface area contributed by atoms with E-state index in [1.807, 2.05) is 6.92 Å². The molecule has 1 amide bonds. The number of nitrogens with zero attached hydrogens (tertiary/aromatic N) is 5. The Morgan fingerprint density at radius 2 is 1.71 bits per heavy atom. The van der Waals surface area contributed by atoms with Gasteiger partial charge in [0.05, 0.1) is 17.1 Å². The second kappa shape index (κ2) is 9.48. The van der Waals surface area contributed by atoms with Crippen LogP contribution in [0.2, 0.25) is 0 Å². The van der Waals surface area contributed by atoms with Gasteiger partial charge in [-0.2, -0.15) is 9.46 Å². The molecule has 0 aliphatic carbocycles. The van der Waals surface area contributed by atoms with Crippen molar-refractivity contribution in [2.75, 3.05) is 19.1 Å². The van der Waals surface area contributed by atoms with Crippen molar-refractivity contribution in [3.05, 3.63) is 93.0 Å². The molecule has 1 N–H and O–H groups in total. The van der Waals surface area contributed by atoms with Crippen molar-refractivity contribution < 1.29 is 13.4 Å². The third kappa shape index (κ3) is 4.63. The van der Waals surface area contributed by atoms with Crippen molar-refractivity contribution in [3.63, 3.8) is 0 Å². The molecule has 4 aromatic rings. The number of benzene rings is 2. The summed E-state index contributed by atoms with van der Waals surface area (Å²) in [6.45, 7) is 6.22. The average Bonchev–Trinajstić information content (AvgIpc) is 3.42. The standard InChI is InChI=1S/C27H29FN6O3S/c1-16-14-21(15-17(2)24(16)28)34-26(23-18(3)29-11-10-22(23)30-34)33-13-12-32(27(33)36)20-8-6-19(7-9-20)25(35)31-38(4,5)37/h6-9,12-15,18,29H,10-11H2,1-5H3/t18-/m0/s1. The fourth-order valence-electron chi connectivity index (χ4n) is 4.81. The van der Waals surface area contributed by atoms with Gasteiger partial charge in [-0.25, -0.2) is 18.1 Å². The van der Waals surface area contributed by atoms with Crippen molar-refractivity contribution in [3.8, 4) is 17.2 Å². The highest BCUT2D eigenvalue weighted by molar-refractivity contribution is 7.92. The van der Waals surface area contributed by atoms with E-state index >= 15 is 0 Å². The summed E-state index contributed by atoms with van der Waals surface area (Å²) >= 11 is 0. The smallest absolute Gasteiger partial charge is 0.310 e. The largest absolute Gasteiger partial charge is 0.338 e. The first-order valence-corrected chi connectivity index (χ1v) is 14.5. The number of hydrogen-bond donors (Lipinski definition) is 1. The van der Waals surface area contributed by atoms with Crippen LogP contribution in [-0.2, 0) is 16.1 Å². The van der Waals surface area contributed by atoms with Crippen molar-refractivity contribution in [2.24, 2.45) is 4.36 Å². The lowest BCUT2D eigenvalue weighted by atomic mass is 10.0. The number of rotatable bonds is 4. The zero-order valence-corrected chi connectivity index (χ0v) is 22.7. The second-order valence-electron chi connectivity index (χ2n) is 9.86. The van der Waals surface area contributed by atoms with Gasteiger partial charge in [-0.15, -0.1) is 0 Å². The predicted molar refractivity (Wildman–Crippen MR) is 145 cm³/mol. The van der Waals surface area contributed by atoms with E-state index in [0.717, 1.165) is 17.8 Å². The molecule has 198 valence electrons. The molecule has 1 aliphatic heterocycles. The van der Waals surface area contributed by atoms with Crippen LogP contribution >= 0.6 is 0 Å². The third-order valence-electron chi connectivity index (χ3n) is 6.58. The van der Waals surface area contributed by atoms with Crippen LogP contribution in [0.4, 0.5) is 4.39 Å². The summed E-state index contributed by atoms with van der Waals surface area (Å²) in [7, 11) is -2.58. The molecule has 1 atom stereocenters. The number of amides is 1. The van der Waals surface area contributed by atoms with Crippen molar-refractivity contribution >= 4 is 15.6 Å². The first-order valence-electron chi connectivity index (χ1n) is 12.2. The lowest BCUT2D eigenvalue weighted by molar-refractivity contribution is 0.100. The molecule has 0 fully saturated rings. The summed E-state index contributed by atoms with van der Waals surface area (Å²) in [6, 6.07) is 9.82. The minimum absolute atomic E-state index is 0.0400. The number of aromatic nitrogens is 4. The average molecular weight is 537 g/mol. The maximum atomic E-state index is 14.4. The Hall–Kier alpha value is -3.83. The molecule has 0 saturated heterocycles. The van der Waals surface area contributed by atoms with E-state index in [0.29, 0.717) is 34.7 Å². The lowest BCUT2D eigenvalue weighted by Crippen LogP contribution is -2.30. The quantitative estimate of drug-likeness (QED) is 0.429. The maximum Gasteiger partial charge on any atom is 0.338 e. The fraction of sp³-hybridized carbons (Fsp3) is 0.296. The zero-order valence-electron chi connectivity index (χ0n) is 21.9. The zero-order chi connectivity index (χ0) is 27.4. The van der Waals surface area contributed by atoms with Gasteiger partial charge < -0.3 is 5.32 Å². The van der Waals surface area contributed by atoms with Crippen LogP contribution in [-0.4, -0.2) is 48.1 Å². The van der Waals surface area contributed by atoms with E-state index < -0.39 is 15.6 Å². The molecule has 2 aromatic heterocycles. The Kier molecular flexibility index (Phi) is 6.44. The minimum atomic E-state index is -2.58. The lowest BCUT2D eigenvalue weighted by Gasteiger charge is -2.21.